The molecule has 48 heavy (non-hydrogen) atoms. The average Bonchev–Trinajstić information content (AvgIpc) is 3.10. The maximum atomic E-state index is 15.2. The first kappa shape index (κ1) is 37.3. The van der Waals surface area contributed by atoms with Crippen molar-refractivity contribution >= 4 is 5.97 Å². The predicted molar refractivity (Wildman–Crippen MR) is 188 cm³/mol. The number of unbranched alkanes of at least 4 members (excludes halogenated alkanes) is 6. The summed E-state index contributed by atoms with van der Waals surface area (Å²) in [5.74, 6) is -1.17. The summed E-state index contributed by atoms with van der Waals surface area (Å²) in [5, 5.41) is 0. The van der Waals surface area contributed by atoms with Gasteiger partial charge in [0, 0.05) is 18.6 Å². The third-order valence-corrected chi connectivity index (χ3v) is 8.83. The summed E-state index contributed by atoms with van der Waals surface area (Å²) < 4.78 is 53.2. The van der Waals surface area contributed by atoms with Crippen LogP contribution in [0.1, 0.15) is 101 Å². The molecule has 1 aliphatic carbocycles. The highest BCUT2D eigenvalue weighted by molar-refractivity contribution is 5.90. The normalized spacial score (nSPS) is 16.1. The summed E-state index contributed by atoms with van der Waals surface area (Å²) in [6.45, 7) is 8.20. The molecule has 4 rings (SSSR count). The molecule has 5 nitrogen and oxygen atoms in total. The number of esters is 1. The fraction of sp³-hybridized carbons (Fsp3) is 0.488. The van der Waals surface area contributed by atoms with Crippen LogP contribution in [0, 0.1) is 11.6 Å². The second-order valence-electron chi connectivity index (χ2n) is 12.6. The first-order valence-electron chi connectivity index (χ1n) is 17.8. The Hall–Kier alpha value is -3.55. The molecule has 0 radical (unpaired) electrons. The molecule has 260 valence electrons. The molecule has 0 amide bonds. The molecule has 1 saturated carbocycles. The van der Waals surface area contributed by atoms with E-state index in [1.807, 2.05) is 30.3 Å². The van der Waals surface area contributed by atoms with E-state index in [0.29, 0.717) is 36.5 Å². The smallest absolute Gasteiger partial charge is 0.341 e. The van der Waals surface area contributed by atoms with E-state index in [2.05, 4.69) is 13.5 Å². The Labute approximate surface area is 285 Å². The molecular formula is C41H52F2O5. The number of carbonyl (C=O) groups is 1. The predicted octanol–water partition coefficient (Wildman–Crippen LogP) is 10.9. The zero-order valence-corrected chi connectivity index (χ0v) is 28.5. The number of halogens is 2. The van der Waals surface area contributed by atoms with Crippen LogP contribution in [0.15, 0.2) is 73.3 Å². The molecule has 7 heteroatoms. The molecular weight excluding hydrogens is 610 g/mol. The lowest BCUT2D eigenvalue weighted by Crippen LogP contribution is -2.27. The zero-order chi connectivity index (χ0) is 34.0. The molecule has 0 aromatic heterocycles. The van der Waals surface area contributed by atoms with Gasteiger partial charge in [-0.2, -0.15) is 0 Å². The van der Waals surface area contributed by atoms with E-state index in [-0.39, 0.29) is 17.7 Å². The number of carbonyl (C=O) groups excluding carboxylic acids is 1. The third kappa shape index (κ3) is 12.2. The first-order chi connectivity index (χ1) is 23.5. The maximum Gasteiger partial charge on any atom is 0.341 e. The van der Waals surface area contributed by atoms with Crippen molar-refractivity contribution in [1.82, 2.24) is 0 Å². The van der Waals surface area contributed by atoms with Gasteiger partial charge >= 0.3 is 5.97 Å². The van der Waals surface area contributed by atoms with Crippen molar-refractivity contribution < 1.29 is 32.5 Å². The number of allylic oxidation sites excluding steroid dienone is 1. The third-order valence-electron chi connectivity index (χ3n) is 8.83. The molecule has 3 aromatic rings. The largest absolute Gasteiger partial charge is 0.494 e. The zero-order valence-electron chi connectivity index (χ0n) is 28.5. The molecule has 1 aliphatic rings. The van der Waals surface area contributed by atoms with Gasteiger partial charge in [0.1, 0.15) is 17.4 Å². The molecule has 0 aliphatic heterocycles. The molecule has 0 bridgehead atoms. The fourth-order valence-corrected chi connectivity index (χ4v) is 5.97. The van der Waals surface area contributed by atoms with Crippen molar-refractivity contribution in [2.75, 3.05) is 26.4 Å². The Morgan fingerprint density at radius 3 is 2.00 bits per heavy atom. The number of ether oxygens (including phenoxy) is 4. The van der Waals surface area contributed by atoms with Crippen LogP contribution in [-0.2, 0) is 14.2 Å². The minimum Gasteiger partial charge on any atom is -0.494 e. The quantitative estimate of drug-likeness (QED) is 0.0645. The topological polar surface area (TPSA) is 54.0 Å². The Morgan fingerprint density at radius 2 is 1.33 bits per heavy atom. The summed E-state index contributed by atoms with van der Waals surface area (Å²) in [6.07, 6.45) is 16.1. The molecule has 0 unspecified atom stereocenters. The van der Waals surface area contributed by atoms with Gasteiger partial charge in [0.05, 0.1) is 37.6 Å². The van der Waals surface area contributed by atoms with Gasteiger partial charge in [0.2, 0.25) is 0 Å². The average molecular weight is 663 g/mol. The lowest BCUT2D eigenvalue weighted by atomic mass is 9.95. The van der Waals surface area contributed by atoms with Gasteiger partial charge in [-0.25, -0.2) is 13.6 Å². The summed E-state index contributed by atoms with van der Waals surface area (Å²) in [4.78, 5) is 12.3. The minimum absolute atomic E-state index is 0.147. The number of hydrogen-bond donors (Lipinski definition) is 0. The Balaban J connectivity index is 1.16. The molecule has 0 N–H and O–H groups in total. The van der Waals surface area contributed by atoms with Crippen molar-refractivity contribution in [3.05, 3.63) is 90.5 Å². The number of benzene rings is 3. The van der Waals surface area contributed by atoms with E-state index in [4.69, 9.17) is 18.9 Å². The highest BCUT2D eigenvalue weighted by Crippen LogP contribution is 2.30. The Kier molecular flexibility index (Phi) is 16.1. The van der Waals surface area contributed by atoms with Gasteiger partial charge in [0.15, 0.2) is 0 Å². The van der Waals surface area contributed by atoms with E-state index >= 15 is 4.39 Å². The van der Waals surface area contributed by atoms with E-state index in [0.717, 1.165) is 88.5 Å². The van der Waals surface area contributed by atoms with Crippen LogP contribution >= 0.6 is 0 Å². The fourth-order valence-electron chi connectivity index (χ4n) is 5.97. The van der Waals surface area contributed by atoms with Gasteiger partial charge in [0.25, 0.3) is 0 Å². The molecule has 3 aromatic carbocycles. The van der Waals surface area contributed by atoms with Crippen LogP contribution < -0.4 is 4.74 Å². The molecule has 0 atom stereocenters. The van der Waals surface area contributed by atoms with Gasteiger partial charge in [-0.1, -0.05) is 69.0 Å². The summed E-state index contributed by atoms with van der Waals surface area (Å²) in [5.41, 5.74) is 2.00. The molecule has 1 fully saturated rings. The van der Waals surface area contributed by atoms with E-state index in [9.17, 15) is 9.18 Å². The van der Waals surface area contributed by atoms with E-state index in [1.165, 1.54) is 31.0 Å². The number of rotatable bonds is 21. The Morgan fingerprint density at radius 1 is 0.708 bits per heavy atom. The van der Waals surface area contributed by atoms with E-state index < -0.39 is 17.6 Å². The van der Waals surface area contributed by atoms with Crippen LogP contribution in [-0.4, -0.2) is 44.6 Å². The molecule has 0 spiro atoms. The summed E-state index contributed by atoms with van der Waals surface area (Å²) >= 11 is 0. The van der Waals surface area contributed by atoms with Gasteiger partial charge in [-0.15, -0.1) is 6.58 Å². The van der Waals surface area contributed by atoms with Crippen molar-refractivity contribution in [2.45, 2.75) is 103 Å². The standard InChI is InChI=1S/C41H52F2O5/c1-3-5-7-9-11-25-45-35-19-21-36(22-20-35)47-28-12-27-46-34-17-13-31(14-18-34)32-15-23-37(39(42)29-32)33-16-24-38(40(43)30-33)41(44)48-26-10-8-6-4-2/h3,13-18,23-24,29-30,35-36H,1,4-12,19-22,25-28H2,2H3. The van der Waals surface area contributed by atoms with Crippen molar-refractivity contribution in [3.63, 3.8) is 0 Å². The van der Waals surface area contributed by atoms with E-state index in [1.54, 1.807) is 18.2 Å². The van der Waals surface area contributed by atoms with Crippen LogP contribution in [0.5, 0.6) is 5.75 Å². The van der Waals surface area contributed by atoms with Crippen LogP contribution in [0.2, 0.25) is 0 Å². The van der Waals surface area contributed by atoms with Gasteiger partial charge in [-0.05, 0) is 98.4 Å². The van der Waals surface area contributed by atoms with Crippen molar-refractivity contribution in [3.8, 4) is 28.0 Å². The van der Waals surface area contributed by atoms with Crippen LogP contribution in [0.25, 0.3) is 22.3 Å². The summed E-state index contributed by atoms with van der Waals surface area (Å²) in [6, 6.07) is 16.5. The van der Waals surface area contributed by atoms with Crippen molar-refractivity contribution in [1.29, 1.82) is 0 Å². The second-order valence-corrected chi connectivity index (χ2v) is 12.6. The summed E-state index contributed by atoms with van der Waals surface area (Å²) in [7, 11) is 0. The molecule has 0 saturated heterocycles. The lowest BCUT2D eigenvalue weighted by Gasteiger charge is -2.28. The highest BCUT2D eigenvalue weighted by atomic mass is 19.1. The minimum atomic E-state index is -0.731. The monoisotopic (exact) mass is 662 g/mol. The Bertz CT molecular complexity index is 1400. The lowest BCUT2D eigenvalue weighted by molar-refractivity contribution is -0.0337. The number of hydrogen-bond acceptors (Lipinski definition) is 5. The van der Waals surface area contributed by atoms with Crippen LogP contribution in [0.3, 0.4) is 0 Å². The first-order valence-corrected chi connectivity index (χ1v) is 17.8. The van der Waals surface area contributed by atoms with Gasteiger partial charge < -0.3 is 18.9 Å². The van der Waals surface area contributed by atoms with Crippen molar-refractivity contribution in [2.24, 2.45) is 0 Å². The van der Waals surface area contributed by atoms with Crippen LogP contribution in [0.4, 0.5) is 8.78 Å². The van der Waals surface area contributed by atoms with Gasteiger partial charge in [-0.3, -0.25) is 0 Å². The maximum absolute atomic E-state index is 15.2. The molecule has 0 heterocycles. The SMILES string of the molecule is C=CCCCCCOC1CCC(OCCCOc2ccc(-c3ccc(-c4ccc(C(=O)OCCCCCC)c(F)c4)c(F)c3)cc2)CC1. The second kappa shape index (κ2) is 20.7. The highest BCUT2D eigenvalue weighted by Gasteiger charge is 2.22.